The lowest BCUT2D eigenvalue weighted by Gasteiger charge is -2.08. The first-order valence-corrected chi connectivity index (χ1v) is 9.77. The summed E-state index contributed by atoms with van der Waals surface area (Å²) in [4.78, 5) is 17.0. The maximum absolute atomic E-state index is 13.0. The van der Waals surface area contributed by atoms with E-state index in [2.05, 4.69) is 10.3 Å². The molecule has 0 aliphatic rings. The lowest BCUT2D eigenvalue weighted by molar-refractivity contribution is 0.0953. The number of pyridine rings is 1. The maximum Gasteiger partial charge on any atom is 0.251 e. The molecule has 0 saturated heterocycles. The Hall–Kier alpha value is -3.67. The summed E-state index contributed by atoms with van der Waals surface area (Å²) in [5, 5.41) is 2.88. The first kappa shape index (κ1) is 19.6. The predicted octanol–water partition coefficient (Wildman–Crippen LogP) is 4.33. The third kappa shape index (κ3) is 4.66. The van der Waals surface area contributed by atoms with E-state index in [0.29, 0.717) is 30.9 Å². The van der Waals surface area contributed by atoms with Crippen molar-refractivity contribution in [3.05, 3.63) is 101 Å². The molecule has 2 aromatic heterocycles. The zero-order valence-electron chi connectivity index (χ0n) is 16.6. The van der Waals surface area contributed by atoms with Gasteiger partial charge in [0.05, 0.1) is 5.69 Å². The summed E-state index contributed by atoms with van der Waals surface area (Å²) in [5.41, 5.74) is 4.32. The van der Waals surface area contributed by atoms with Crippen molar-refractivity contribution < 1.29 is 13.9 Å². The number of amides is 1. The van der Waals surface area contributed by atoms with Crippen molar-refractivity contribution in [2.24, 2.45) is 0 Å². The van der Waals surface area contributed by atoms with Gasteiger partial charge >= 0.3 is 0 Å². The number of nitrogens with one attached hydrogen (secondary N) is 1. The van der Waals surface area contributed by atoms with Crippen molar-refractivity contribution in [2.75, 3.05) is 6.54 Å². The number of halogens is 1. The van der Waals surface area contributed by atoms with E-state index in [1.165, 1.54) is 12.1 Å². The minimum atomic E-state index is -0.265. The van der Waals surface area contributed by atoms with Gasteiger partial charge in [-0.25, -0.2) is 9.37 Å². The number of aryl methyl sites for hydroxylation is 1. The van der Waals surface area contributed by atoms with Gasteiger partial charge in [-0.05, 0) is 60.9 Å². The number of hydrogen-bond donors (Lipinski definition) is 1. The molecule has 0 aliphatic heterocycles. The molecule has 5 nitrogen and oxygen atoms in total. The Kier molecular flexibility index (Phi) is 5.75. The number of fused-ring (bicyclic) bond motifs is 1. The first-order chi connectivity index (χ1) is 14.6. The molecule has 6 heteroatoms. The molecule has 1 N–H and O–H groups in total. The van der Waals surface area contributed by atoms with Gasteiger partial charge in [0.15, 0.2) is 0 Å². The predicted molar refractivity (Wildman–Crippen MR) is 113 cm³/mol. The number of rotatable bonds is 7. The molecular formula is C24H22FN3O2. The SMILES string of the molecule is Cc1cccn2cc(COc3cccc(C(=O)NCCc4ccc(F)cc4)c3)nc12. The molecule has 0 unspecified atom stereocenters. The van der Waals surface area contributed by atoms with E-state index >= 15 is 0 Å². The average Bonchev–Trinajstić information content (AvgIpc) is 3.18. The molecule has 4 aromatic rings. The van der Waals surface area contributed by atoms with Gasteiger partial charge in [-0.2, -0.15) is 0 Å². The Bertz CT molecular complexity index is 1170. The molecule has 152 valence electrons. The topological polar surface area (TPSA) is 55.6 Å². The summed E-state index contributed by atoms with van der Waals surface area (Å²) < 4.78 is 20.8. The van der Waals surface area contributed by atoms with E-state index in [9.17, 15) is 9.18 Å². The van der Waals surface area contributed by atoms with Crippen LogP contribution in [0.4, 0.5) is 4.39 Å². The molecule has 2 heterocycles. The van der Waals surface area contributed by atoms with E-state index in [1.54, 1.807) is 30.3 Å². The first-order valence-electron chi connectivity index (χ1n) is 9.77. The van der Waals surface area contributed by atoms with Crippen LogP contribution in [0, 0.1) is 12.7 Å². The summed E-state index contributed by atoms with van der Waals surface area (Å²) in [5.74, 6) is 0.166. The van der Waals surface area contributed by atoms with E-state index in [0.717, 1.165) is 22.5 Å². The van der Waals surface area contributed by atoms with Crippen LogP contribution in [-0.4, -0.2) is 21.8 Å². The number of ether oxygens (including phenoxy) is 1. The fourth-order valence-electron chi connectivity index (χ4n) is 3.23. The molecule has 4 rings (SSSR count). The molecule has 0 fully saturated rings. The number of aromatic nitrogens is 2. The van der Waals surface area contributed by atoms with Crippen LogP contribution in [0.15, 0.2) is 73.1 Å². The summed E-state index contributed by atoms with van der Waals surface area (Å²) in [7, 11) is 0. The van der Waals surface area contributed by atoms with Crippen LogP contribution in [0.5, 0.6) is 5.75 Å². The highest BCUT2D eigenvalue weighted by Gasteiger charge is 2.08. The van der Waals surface area contributed by atoms with Crippen LogP contribution in [0.1, 0.15) is 27.2 Å². The van der Waals surface area contributed by atoms with Gasteiger partial charge in [0.25, 0.3) is 5.91 Å². The summed E-state index contributed by atoms with van der Waals surface area (Å²) >= 11 is 0. The lowest BCUT2D eigenvalue weighted by Crippen LogP contribution is -2.25. The van der Waals surface area contributed by atoms with Gasteiger partial charge in [-0.1, -0.05) is 24.3 Å². The molecule has 0 atom stereocenters. The highest BCUT2D eigenvalue weighted by molar-refractivity contribution is 5.94. The third-order valence-corrected chi connectivity index (χ3v) is 4.82. The number of imidazole rings is 1. The van der Waals surface area contributed by atoms with Crippen LogP contribution in [-0.2, 0) is 13.0 Å². The van der Waals surface area contributed by atoms with E-state index in [4.69, 9.17) is 4.74 Å². The number of hydrogen-bond acceptors (Lipinski definition) is 3. The fourth-order valence-corrected chi connectivity index (χ4v) is 3.23. The van der Waals surface area contributed by atoms with Crippen molar-refractivity contribution in [1.82, 2.24) is 14.7 Å². The molecule has 0 aliphatic carbocycles. The number of carbonyl (C=O) groups is 1. The van der Waals surface area contributed by atoms with Gasteiger partial charge in [-0.3, -0.25) is 4.79 Å². The average molecular weight is 403 g/mol. The van der Waals surface area contributed by atoms with Crippen molar-refractivity contribution in [1.29, 1.82) is 0 Å². The molecule has 0 bridgehead atoms. The highest BCUT2D eigenvalue weighted by Crippen LogP contribution is 2.16. The van der Waals surface area contributed by atoms with Crippen molar-refractivity contribution in [3.8, 4) is 5.75 Å². The van der Waals surface area contributed by atoms with Crippen molar-refractivity contribution in [3.63, 3.8) is 0 Å². The Balaban J connectivity index is 1.33. The standard InChI is InChI=1S/C24H22FN3O2/c1-17-4-3-13-28-15-21(27-23(17)28)16-30-22-6-2-5-19(14-22)24(29)26-12-11-18-7-9-20(25)10-8-18/h2-10,13-15H,11-12,16H2,1H3,(H,26,29). The number of carbonyl (C=O) groups excluding carboxylic acids is 1. The number of nitrogens with zero attached hydrogens (tertiary/aromatic N) is 2. The number of benzene rings is 2. The molecule has 30 heavy (non-hydrogen) atoms. The molecule has 0 radical (unpaired) electrons. The normalized spacial score (nSPS) is 10.9. The van der Waals surface area contributed by atoms with E-state index in [-0.39, 0.29) is 11.7 Å². The summed E-state index contributed by atoms with van der Waals surface area (Å²) in [6.07, 6.45) is 4.53. The Morgan fingerprint density at radius 1 is 1.13 bits per heavy atom. The summed E-state index contributed by atoms with van der Waals surface area (Å²) in [6, 6.07) is 17.3. The van der Waals surface area contributed by atoms with Gasteiger partial charge in [0, 0.05) is 24.5 Å². The van der Waals surface area contributed by atoms with Crippen LogP contribution in [0.2, 0.25) is 0 Å². The largest absolute Gasteiger partial charge is 0.487 e. The zero-order chi connectivity index (χ0) is 20.9. The minimum Gasteiger partial charge on any atom is -0.487 e. The molecule has 2 aromatic carbocycles. The molecule has 1 amide bonds. The maximum atomic E-state index is 13.0. The van der Waals surface area contributed by atoms with Crippen LogP contribution >= 0.6 is 0 Å². The second-order valence-electron chi connectivity index (χ2n) is 7.10. The third-order valence-electron chi connectivity index (χ3n) is 4.82. The van der Waals surface area contributed by atoms with Crippen LogP contribution in [0.3, 0.4) is 0 Å². The smallest absolute Gasteiger partial charge is 0.251 e. The van der Waals surface area contributed by atoms with Crippen molar-refractivity contribution >= 4 is 11.6 Å². The van der Waals surface area contributed by atoms with Crippen LogP contribution in [0.25, 0.3) is 5.65 Å². The highest BCUT2D eigenvalue weighted by atomic mass is 19.1. The Labute approximate surface area is 174 Å². The quantitative estimate of drug-likeness (QED) is 0.500. The van der Waals surface area contributed by atoms with Gasteiger partial charge in [-0.15, -0.1) is 0 Å². The second kappa shape index (κ2) is 8.78. The fraction of sp³-hybridized carbons (Fsp3) is 0.167. The Morgan fingerprint density at radius 3 is 2.77 bits per heavy atom. The molecule has 0 spiro atoms. The van der Waals surface area contributed by atoms with Gasteiger partial charge in [0.2, 0.25) is 0 Å². The minimum absolute atomic E-state index is 0.175. The van der Waals surface area contributed by atoms with E-state index < -0.39 is 0 Å². The van der Waals surface area contributed by atoms with Crippen LogP contribution < -0.4 is 10.1 Å². The summed E-state index contributed by atoms with van der Waals surface area (Å²) in [6.45, 7) is 2.80. The second-order valence-corrected chi connectivity index (χ2v) is 7.10. The molecule has 0 saturated carbocycles. The monoisotopic (exact) mass is 403 g/mol. The lowest BCUT2D eigenvalue weighted by atomic mass is 10.1. The Morgan fingerprint density at radius 2 is 1.97 bits per heavy atom. The van der Waals surface area contributed by atoms with Gasteiger partial charge in [0.1, 0.15) is 23.8 Å². The van der Waals surface area contributed by atoms with Gasteiger partial charge < -0.3 is 14.5 Å². The molecular weight excluding hydrogens is 381 g/mol. The van der Waals surface area contributed by atoms with E-state index in [1.807, 2.05) is 41.9 Å². The van der Waals surface area contributed by atoms with Crippen molar-refractivity contribution in [2.45, 2.75) is 20.0 Å². The zero-order valence-corrected chi connectivity index (χ0v) is 16.6.